The van der Waals surface area contributed by atoms with Crippen molar-refractivity contribution in [3.8, 4) is 5.75 Å². The van der Waals surface area contributed by atoms with Gasteiger partial charge in [0.1, 0.15) is 5.75 Å². The molecular formula is C27H26N2O2. The van der Waals surface area contributed by atoms with Crippen molar-refractivity contribution in [3.05, 3.63) is 107 Å². The second-order valence-electron chi connectivity index (χ2n) is 8.41. The third-order valence-corrected chi connectivity index (χ3v) is 6.56. The molecule has 0 aromatic heterocycles. The fraction of sp³-hybridized carbons (Fsp3) is 0.222. The minimum atomic E-state index is -0.0998. The summed E-state index contributed by atoms with van der Waals surface area (Å²) in [5.41, 5.74) is 4.59. The Hall–Kier alpha value is -3.53. The number of hydrogen-bond acceptors (Lipinski definition) is 3. The summed E-state index contributed by atoms with van der Waals surface area (Å²) in [6, 6.07) is 23.2. The number of benzene rings is 3. The van der Waals surface area contributed by atoms with Gasteiger partial charge in [-0.1, -0.05) is 72.8 Å². The molecule has 1 aliphatic carbocycles. The Morgan fingerprint density at radius 1 is 1.00 bits per heavy atom. The summed E-state index contributed by atoms with van der Waals surface area (Å²) in [6.07, 6.45) is 5.40. The van der Waals surface area contributed by atoms with E-state index in [0.29, 0.717) is 11.5 Å². The van der Waals surface area contributed by atoms with Crippen LogP contribution in [0.25, 0.3) is 0 Å². The van der Waals surface area contributed by atoms with Crippen LogP contribution in [0, 0.1) is 5.92 Å². The van der Waals surface area contributed by atoms with Crippen LogP contribution in [0.1, 0.15) is 58.4 Å². The lowest BCUT2D eigenvalue weighted by Gasteiger charge is -2.38. The third-order valence-electron chi connectivity index (χ3n) is 6.56. The van der Waals surface area contributed by atoms with Crippen LogP contribution in [0.5, 0.6) is 5.75 Å². The zero-order chi connectivity index (χ0) is 21.4. The lowest BCUT2D eigenvalue weighted by atomic mass is 9.76. The number of anilines is 1. The van der Waals surface area contributed by atoms with Crippen LogP contribution in [-0.2, 0) is 0 Å². The normalized spacial score (nSPS) is 22.2. The molecule has 1 aliphatic heterocycles. The van der Waals surface area contributed by atoms with Crippen molar-refractivity contribution in [3.63, 3.8) is 0 Å². The van der Waals surface area contributed by atoms with Gasteiger partial charge in [-0.2, -0.15) is 0 Å². The minimum Gasteiger partial charge on any atom is -0.508 e. The molecule has 0 bridgehead atoms. The summed E-state index contributed by atoms with van der Waals surface area (Å²) >= 11 is 0. The first-order valence-corrected chi connectivity index (χ1v) is 10.8. The molecule has 0 spiro atoms. The molecule has 5 rings (SSSR count). The summed E-state index contributed by atoms with van der Waals surface area (Å²) < 4.78 is 0. The lowest BCUT2D eigenvalue weighted by molar-refractivity contribution is 0.0940. The van der Waals surface area contributed by atoms with Crippen molar-refractivity contribution in [2.75, 3.05) is 5.32 Å². The van der Waals surface area contributed by atoms with Gasteiger partial charge in [-0.15, -0.1) is 0 Å². The zero-order valence-electron chi connectivity index (χ0n) is 17.5. The first-order valence-electron chi connectivity index (χ1n) is 10.8. The highest BCUT2D eigenvalue weighted by atomic mass is 16.3. The predicted molar refractivity (Wildman–Crippen MR) is 123 cm³/mol. The van der Waals surface area contributed by atoms with Crippen LogP contribution in [0.4, 0.5) is 5.69 Å². The van der Waals surface area contributed by atoms with Gasteiger partial charge in [0.25, 0.3) is 5.91 Å². The van der Waals surface area contributed by atoms with E-state index >= 15 is 0 Å². The highest BCUT2D eigenvalue weighted by molar-refractivity contribution is 6.01. The third kappa shape index (κ3) is 3.48. The number of aromatic hydroxyl groups is 1. The molecule has 3 aromatic carbocycles. The van der Waals surface area contributed by atoms with Crippen LogP contribution in [0.3, 0.4) is 0 Å². The molecule has 0 fully saturated rings. The van der Waals surface area contributed by atoms with Crippen LogP contribution < -0.4 is 10.6 Å². The van der Waals surface area contributed by atoms with E-state index in [9.17, 15) is 9.90 Å². The Labute approximate surface area is 182 Å². The molecule has 0 saturated carbocycles. The number of phenols is 1. The van der Waals surface area contributed by atoms with Crippen molar-refractivity contribution < 1.29 is 9.90 Å². The summed E-state index contributed by atoms with van der Waals surface area (Å²) in [7, 11) is 0. The number of hydrogen-bond donors (Lipinski definition) is 3. The number of rotatable bonds is 4. The van der Waals surface area contributed by atoms with Crippen molar-refractivity contribution in [1.82, 2.24) is 5.32 Å². The topological polar surface area (TPSA) is 61.4 Å². The van der Waals surface area contributed by atoms with Crippen LogP contribution >= 0.6 is 0 Å². The average Bonchev–Trinajstić information content (AvgIpc) is 3.29. The van der Waals surface area contributed by atoms with Gasteiger partial charge in [-0.3, -0.25) is 4.79 Å². The van der Waals surface area contributed by atoms with Crippen LogP contribution in [-0.4, -0.2) is 11.0 Å². The molecule has 3 N–H and O–H groups in total. The number of para-hydroxylation sites is 2. The zero-order valence-corrected chi connectivity index (χ0v) is 17.5. The number of nitrogens with one attached hydrogen (secondary N) is 2. The van der Waals surface area contributed by atoms with E-state index in [4.69, 9.17) is 0 Å². The van der Waals surface area contributed by atoms with Gasteiger partial charge in [0.15, 0.2) is 0 Å². The Kier molecular flexibility index (Phi) is 4.99. The van der Waals surface area contributed by atoms with Crippen molar-refractivity contribution in [2.24, 2.45) is 5.92 Å². The summed E-state index contributed by atoms with van der Waals surface area (Å²) in [6.45, 7) is 2.00. The molecular weight excluding hydrogens is 384 g/mol. The maximum absolute atomic E-state index is 13.3. The lowest BCUT2D eigenvalue weighted by Crippen LogP contribution is -2.33. The quantitative estimate of drug-likeness (QED) is 0.483. The Balaban J connectivity index is 1.50. The molecule has 0 radical (unpaired) electrons. The van der Waals surface area contributed by atoms with Crippen LogP contribution in [0.15, 0.2) is 84.9 Å². The molecule has 3 aromatic rings. The number of allylic oxidation sites excluding steroid dienone is 2. The van der Waals surface area contributed by atoms with Crippen LogP contribution in [0.2, 0.25) is 0 Å². The van der Waals surface area contributed by atoms with Gasteiger partial charge in [0.2, 0.25) is 0 Å². The van der Waals surface area contributed by atoms with Crippen molar-refractivity contribution in [2.45, 2.75) is 31.3 Å². The first-order chi connectivity index (χ1) is 15.1. The molecule has 4 unspecified atom stereocenters. The first kappa shape index (κ1) is 19.4. The highest BCUT2D eigenvalue weighted by Gasteiger charge is 2.40. The van der Waals surface area contributed by atoms with Crippen molar-refractivity contribution in [1.29, 1.82) is 0 Å². The van der Waals surface area contributed by atoms with E-state index in [2.05, 4.69) is 28.9 Å². The van der Waals surface area contributed by atoms with Crippen molar-refractivity contribution >= 4 is 11.6 Å². The number of carbonyl (C=O) groups is 1. The molecule has 4 nitrogen and oxygen atoms in total. The number of fused-ring (bicyclic) bond motifs is 3. The predicted octanol–water partition coefficient (Wildman–Crippen LogP) is 5.71. The average molecular weight is 411 g/mol. The number of amides is 1. The Bertz CT molecular complexity index is 1140. The molecule has 0 saturated heterocycles. The summed E-state index contributed by atoms with van der Waals surface area (Å²) in [5.74, 6) is 0.716. The van der Waals surface area contributed by atoms with Gasteiger partial charge in [-0.25, -0.2) is 0 Å². The van der Waals surface area contributed by atoms with Gasteiger partial charge in [-0.05, 0) is 42.5 Å². The van der Waals surface area contributed by atoms with E-state index in [1.54, 1.807) is 6.07 Å². The fourth-order valence-corrected chi connectivity index (χ4v) is 4.97. The number of phenolic OH excluding ortho intramolecular Hbond substituents is 1. The van der Waals surface area contributed by atoms with E-state index in [-0.39, 0.29) is 29.7 Å². The molecule has 4 heteroatoms. The standard InChI is InChI=1S/C27H26N2O2/c1-17(18-9-3-2-4-10-18)28-27(31)23-15-8-14-21-19-12-7-13-20(19)25(29-26(21)23)22-11-5-6-16-24(22)30/h2-12,14-17,19-20,25,29-30H,13H2,1H3,(H,28,31). The SMILES string of the molecule is CC(NC(=O)c1cccc2c1NC(c1ccccc1O)C1CC=CC21)c1ccccc1. The highest BCUT2D eigenvalue weighted by Crippen LogP contribution is 2.51. The molecule has 1 heterocycles. The van der Waals surface area contributed by atoms with Gasteiger partial charge >= 0.3 is 0 Å². The van der Waals surface area contributed by atoms with E-state index < -0.39 is 0 Å². The molecule has 31 heavy (non-hydrogen) atoms. The van der Waals surface area contributed by atoms with E-state index in [1.165, 1.54) is 0 Å². The largest absolute Gasteiger partial charge is 0.508 e. The maximum atomic E-state index is 13.3. The Morgan fingerprint density at radius 3 is 2.55 bits per heavy atom. The van der Waals surface area contributed by atoms with Gasteiger partial charge in [0.05, 0.1) is 23.3 Å². The monoisotopic (exact) mass is 410 g/mol. The minimum absolute atomic E-state index is 0.0609. The second-order valence-corrected chi connectivity index (χ2v) is 8.41. The van der Waals surface area contributed by atoms with Gasteiger partial charge in [0, 0.05) is 11.5 Å². The summed E-state index contributed by atoms with van der Waals surface area (Å²) in [5, 5.41) is 17.3. The molecule has 2 aliphatic rings. The Morgan fingerprint density at radius 2 is 1.74 bits per heavy atom. The number of carbonyl (C=O) groups excluding carboxylic acids is 1. The molecule has 156 valence electrons. The molecule has 1 amide bonds. The molecule has 4 atom stereocenters. The summed E-state index contributed by atoms with van der Waals surface area (Å²) in [4.78, 5) is 13.3. The second kappa shape index (κ2) is 7.95. The smallest absolute Gasteiger partial charge is 0.253 e. The fourth-order valence-electron chi connectivity index (χ4n) is 4.97. The van der Waals surface area contributed by atoms with E-state index in [1.807, 2.05) is 67.6 Å². The maximum Gasteiger partial charge on any atom is 0.253 e. The van der Waals surface area contributed by atoms with E-state index in [0.717, 1.165) is 28.8 Å². The van der Waals surface area contributed by atoms with Gasteiger partial charge < -0.3 is 15.7 Å².